The Balaban J connectivity index is 4.59. The normalized spacial score (nSPS) is 13.6. The summed E-state index contributed by atoms with van der Waals surface area (Å²) in [7, 11) is 0. The Morgan fingerprint density at radius 3 is 1.88 bits per heavy atom. The van der Waals surface area contributed by atoms with Crippen molar-refractivity contribution < 1.29 is 9.90 Å². The molecule has 0 rings (SSSR count). The quantitative estimate of drug-likeness (QED) is 0.780. The SMILES string of the molecule is CC(C)(C)CC(C)(C)C(=O)NC(C)(C)CCO. The Labute approximate surface area is 106 Å². The van der Waals surface area contributed by atoms with E-state index < -0.39 is 0 Å². The van der Waals surface area contributed by atoms with Crippen LogP contribution >= 0.6 is 0 Å². The average Bonchev–Trinajstić information content (AvgIpc) is 1.97. The lowest BCUT2D eigenvalue weighted by Crippen LogP contribution is -2.50. The first-order chi connectivity index (χ1) is 7.40. The molecule has 102 valence electrons. The van der Waals surface area contributed by atoms with E-state index in [1.54, 1.807) is 0 Å². The van der Waals surface area contributed by atoms with Crippen molar-refractivity contribution in [2.45, 2.75) is 66.8 Å². The molecule has 0 atom stereocenters. The van der Waals surface area contributed by atoms with Gasteiger partial charge in [0.05, 0.1) is 0 Å². The number of carbonyl (C=O) groups excluding carboxylic acids is 1. The molecule has 2 N–H and O–H groups in total. The molecule has 0 fully saturated rings. The monoisotopic (exact) mass is 243 g/mol. The second kappa shape index (κ2) is 5.38. The molecule has 0 unspecified atom stereocenters. The number of hydrogen-bond acceptors (Lipinski definition) is 2. The van der Waals surface area contributed by atoms with Crippen LogP contribution in [0.3, 0.4) is 0 Å². The van der Waals surface area contributed by atoms with Crippen molar-refractivity contribution in [3.05, 3.63) is 0 Å². The van der Waals surface area contributed by atoms with Crippen molar-refractivity contribution in [3.8, 4) is 0 Å². The minimum atomic E-state index is -0.384. The fourth-order valence-corrected chi connectivity index (χ4v) is 2.22. The molecule has 17 heavy (non-hydrogen) atoms. The molecule has 0 aromatic rings. The van der Waals surface area contributed by atoms with Gasteiger partial charge in [-0.15, -0.1) is 0 Å². The van der Waals surface area contributed by atoms with Crippen LogP contribution in [0.25, 0.3) is 0 Å². The first-order valence-electron chi connectivity index (χ1n) is 6.33. The fourth-order valence-electron chi connectivity index (χ4n) is 2.22. The van der Waals surface area contributed by atoms with Gasteiger partial charge in [0.2, 0.25) is 5.91 Å². The molecule has 0 bridgehead atoms. The number of aliphatic hydroxyl groups excluding tert-OH is 1. The number of rotatable bonds is 5. The van der Waals surface area contributed by atoms with Crippen molar-refractivity contribution in [2.24, 2.45) is 10.8 Å². The van der Waals surface area contributed by atoms with Gasteiger partial charge in [-0.05, 0) is 32.1 Å². The molecule has 3 heteroatoms. The number of nitrogens with one attached hydrogen (secondary N) is 1. The lowest BCUT2D eigenvalue weighted by molar-refractivity contribution is -0.132. The summed E-state index contributed by atoms with van der Waals surface area (Å²) in [5.74, 6) is 0.0610. The smallest absolute Gasteiger partial charge is 0.226 e. The maximum absolute atomic E-state index is 12.2. The Morgan fingerprint density at radius 2 is 1.53 bits per heavy atom. The van der Waals surface area contributed by atoms with E-state index in [4.69, 9.17) is 5.11 Å². The van der Waals surface area contributed by atoms with Crippen LogP contribution in [0.2, 0.25) is 0 Å². The minimum absolute atomic E-state index is 0.0610. The van der Waals surface area contributed by atoms with Crippen molar-refractivity contribution in [1.29, 1.82) is 0 Å². The van der Waals surface area contributed by atoms with E-state index in [0.29, 0.717) is 6.42 Å². The van der Waals surface area contributed by atoms with E-state index in [1.807, 2.05) is 27.7 Å². The predicted molar refractivity (Wildman–Crippen MR) is 71.8 cm³/mol. The molecule has 0 saturated carbocycles. The highest BCUT2D eigenvalue weighted by Crippen LogP contribution is 2.33. The van der Waals surface area contributed by atoms with Crippen LogP contribution in [-0.4, -0.2) is 23.2 Å². The topological polar surface area (TPSA) is 49.3 Å². The highest BCUT2D eigenvalue weighted by atomic mass is 16.3. The van der Waals surface area contributed by atoms with Crippen molar-refractivity contribution in [2.75, 3.05) is 6.61 Å². The zero-order chi connectivity index (χ0) is 13.9. The lowest BCUT2D eigenvalue weighted by atomic mass is 9.75. The predicted octanol–water partition coefficient (Wildman–Crippen LogP) is 2.73. The van der Waals surface area contributed by atoms with Gasteiger partial charge < -0.3 is 10.4 Å². The van der Waals surface area contributed by atoms with Crippen LogP contribution in [0.4, 0.5) is 0 Å². The van der Waals surface area contributed by atoms with Crippen molar-refractivity contribution in [1.82, 2.24) is 5.32 Å². The van der Waals surface area contributed by atoms with Crippen molar-refractivity contribution in [3.63, 3.8) is 0 Å². The molecular weight excluding hydrogens is 214 g/mol. The van der Waals surface area contributed by atoms with Gasteiger partial charge in [0.15, 0.2) is 0 Å². The van der Waals surface area contributed by atoms with E-state index in [0.717, 1.165) is 6.42 Å². The summed E-state index contributed by atoms with van der Waals surface area (Å²) in [6.45, 7) is 14.3. The van der Waals surface area contributed by atoms with Crippen LogP contribution in [0.1, 0.15) is 61.3 Å². The third kappa shape index (κ3) is 6.67. The highest BCUT2D eigenvalue weighted by molar-refractivity contribution is 5.82. The first-order valence-corrected chi connectivity index (χ1v) is 6.33. The second-order valence-corrected chi connectivity index (χ2v) is 7.43. The zero-order valence-electron chi connectivity index (χ0n) is 12.5. The van der Waals surface area contributed by atoms with Gasteiger partial charge in [-0.3, -0.25) is 4.79 Å². The number of amides is 1. The molecule has 1 amide bonds. The molecule has 0 heterocycles. The van der Waals surface area contributed by atoms with Gasteiger partial charge in [-0.25, -0.2) is 0 Å². The maximum atomic E-state index is 12.2. The molecule has 0 spiro atoms. The Hall–Kier alpha value is -0.570. The molecule has 0 aliphatic heterocycles. The number of aliphatic hydroxyl groups is 1. The summed E-state index contributed by atoms with van der Waals surface area (Å²) in [4.78, 5) is 12.2. The van der Waals surface area contributed by atoms with Gasteiger partial charge >= 0.3 is 0 Å². The van der Waals surface area contributed by atoms with Crippen LogP contribution in [-0.2, 0) is 4.79 Å². The molecule has 0 aliphatic rings. The number of carbonyl (C=O) groups is 1. The van der Waals surface area contributed by atoms with Crippen molar-refractivity contribution >= 4 is 5.91 Å². The van der Waals surface area contributed by atoms with E-state index in [2.05, 4.69) is 26.1 Å². The molecule has 0 radical (unpaired) electrons. The zero-order valence-corrected chi connectivity index (χ0v) is 12.5. The van der Waals surface area contributed by atoms with Gasteiger partial charge in [-0.1, -0.05) is 34.6 Å². The minimum Gasteiger partial charge on any atom is -0.396 e. The van der Waals surface area contributed by atoms with E-state index in [1.165, 1.54) is 0 Å². The fraction of sp³-hybridized carbons (Fsp3) is 0.929. The van der Waals surface area contributed by atoms with Gasteiger partial charge in [0.1, 0.15) is 0 Å². The third-order valence-electron chi connectivity index (χ3n) is 2.78. The second-order valence-electron chi connectivity index (χ2n) is 7.43. The summed E-state index contributed by atoms with van der Waals surface area (Å²) >= 11 is 0. The van der Waals surface area contributed by atoms with Gasteiger partial charge in [-0.2, -0.15) is 0 Å². The Morgan fingerprint density at radius 1 is 1.06 bits per heavy atom. The van der Waals surface area contributed by atoms with Crippen LogP contribution in [0.15, 0.2) is 0 Å². The third-order valence-corrected chi connectivity index (χ3v) is 2.78. The lowest BCUT2D eigenvalue weighted by Gasteiger charge is -2.35. The van der Waals surface area contributed by atoms with Crippen LogP contribution < -0.4 is 5.32 Å². The summed E-state index contributed by atoms with van der Waals surface area (Å²) < 4.78 is 0. The van der Waals surface area contributed by atoms with E-state index in [9.17, 15) is 4.79 Å². The average molecular weight is 243 g/mol. The van der Waals surface area contributed by atoms with E-state index >= 15 is 0 Å². The molecular formula is C14H29NO2. The Bertz CT molecular complexity index is 262. The van der Waals surface area contributed by atoms with Crippen LogP contribution in [0.5, 0.6) is 0 Å². The number of hydrogen-bond donors (Lipinski definition) is 2. The largest absolute Gasteiger partial charge is 0.396 e. The molecule has 0 aromatic carbocycles. The standard InChI is InChI=1S/C14H29NO2/c1-12(2,3)10-13(4,5)11(17)15-14(6,7)8-9-16/h16H,8-10H2,1-7H3,(H,15,17). The molecule has 0 aromatic heterocycles. The molecule has 0 saturated heterocycles. The molecule has 0 aliphatic carbocycles. The maximum Gasteiger partial charge on any atom is 0.226 e. The van der Waals surface area contributed by atoms with Gasteiger partial charge in [0.25, 0.3) is 0 Å². The molecule has 3 nitrogen and oxygen atoms in total. The van der Waals surface area contributed by atoms with E-state index in [-0.39, 0.29) is 28.9 Å². The van der Waals surface area contributed by atoms with Crippen LogP contribution in [0, 0.1) is 10.8 Å². The van der Waals surface area contributed by atoms with Gasteiger partial charge in [0, 0.05) is 17.6 Å². The first kappa shape index (κ1) is 16.4. The highest BCUT2D eigenvalue weighted by Gasteiger charge is 2.34. The summed E-state index contributed by atoms with van der Waals surface area (Å²) in [5.41, 5.74) is -0.603. The summed E-state index contributed by atoms with van der Waals surface area (Å²) in [5, 5.41) is 12.0. The summed E-state index contributed by atoms with van der Waals surface area (Å²) in [6, 6.07) is 0. The summed E-state index contributed by atoms with van der Waals surface area (Å²) in [6.07, 6.45) is 1.41. The Kier molecular flexibility index (Phi) is 5.20.